The molecule has 5 rings (SSSR count). The molecule has 1 saturated heterocycles. The van der Waals surface area contributed by atoms with Crippen LogP contribution in [0, 0.1) is 0 Å². The molecule has 2 heterocycles. The number of rotatable bonds is 8. The van der Waals surface area contributed by atoms with Gasteiger partial charge in [0, 0.05) is 50.5 Å². The molecule has 2 aliphatic rings. The highest BCUT2D eigenvalue weighted by molar-refractivity contribution is 6.11. The number of carbonyl (C=O) groups excluding carboxylic acids is 2. The number of amides is 2. The number of nitrogens with zero attached hydrogens (tertiary/aromatic N) is 2. The molecule has 0 spiro atoms. The maximum Gasteiger partial charge on any atom is 0.255 e. The van der Waals surface area contributed by atoms with Gasteiger partial charge >= 0.3 is 0 Å². The van der Waals surface area contributed by atoms with Gasteiger partial charge in [0.1, 0.15) is 0 Å². The van der Waals surface area contributed by atoms with Crippen LogP contribution in [-0.2, 0) is 6.54 Å². The van der Waals surface area contributed by atoms with Crippen LogP contribution >= 0.6 is 0 Å². The average molecular weight is 484 g/mol. The molecule has 2 amide bonds. The first-order valence-corrected chi connectivity index (χ1v) is 12.6. The van der Waals surface area contributed by atoms with Crippen LogP contribution in [-0.4, -0.2) is 67.9 Å². The quantitative estimate of drug-likeness (QED) is 0.424. The second kappa shape index (κ2) is 10.9. The Kier molecular flexibility index (Phi) is 7.30. The molecule has 7 nitrogen and oxygen atoms in total. The lowest BCUT2D eigenvalue weighted by molar-refractivity contribution is 0.0966. The molecule has 0 bridgehead atoms. The predicted molar refractivity (Wildman–Crippen MR) is 144 cm³/mol. The van der Waals surface area contributed by atoms with Crippen LogP contribution in [0.15, 0.2) is 66.7 Å². The molecule has 0 aromatic heterocycles. The van der Waals surface area contributed by atoms with Gasteiger partial charge in [-0.05, 0) is 67.0 Å². The smallest absolute Gasteiger partial charge is 0.255 e. The molecule has 1 fully saturated rings. The Balaban J connectivity index is 1.19. The number of nitrogens with one attached hydrogen (secondary N) is 3. The van der Waals surface area contributed by atoms with Gasteiger partial charge in [-0.15, -0.1) is 0 Å². The zero-order valence-corrected chi connectivity index (χ0v) is 20.7. The number of benzene rings is 3. The third-order valence-electron chi connectivity index (χ3n) is 7.02. The van der Waals surface area contributed by atoms with Gasteiger partial charge in [0.25, 0.3) is 11.8 Å². The molecule has 0 radical (unpaired) electrons. The van der Waals surface area contributed by atoms with Crippen molar-refractivity contribution in [3.8, 4) is 11.1 Å². The molecule has 0 unspecified atom stereocenters. The largest absolute Gasteiger partial charge is 0.385 e. The van der Waals surface area contributed by atoms with E-state index in [1.165, 1.54) is 0 Å². The van der Waals surface area contributed by atoms with Crippen molar-refractivity contribution in [1.82, 2.24) is 15.1 Å². The normalized spacial score (nSPS) is 15.9. The van der Waals surface area contributed by atoms with Crippen molar-refractivity contribution >= 4 is 23.2 Å². The van der Waals surface area contributed by atoms with Gasteiger partial charge in [0.15, 0.2) is 0 Å². The van der Waals surface area contributed by atoms with Crippen molar-refractivity contribution in [2.24, 2.45) is 0 Å². The van der Waals surface area contributed by atoms with Crippen molar-refractivity contribution in [1.29, 1.82) is 0 Å². The van der Waals surface area contributed by atoms with Crippen LogP contribution in [0.1, 0.15) is 32.7 Å². The molecule has 0 aliphatic carbocycles. The standard InChI is InChI=1S/C29H33N5O2/c1-33-16-18-34(19-17-33)15-5-14-30-23-10-8-22(9-11-23)28(35)32-26-13-12-24(21-6-3-2-4-7-21)25-20-31-29(36)27(25)26/h2-4,6-13,30H,5,14-20H2,1H3,(H,31,36)(H,32,35). The Morgan fingerprint density at radius 3 is 2.44 bits per heavy atom. The first-order valence-electron chi connectivity index (χ1n) is 12.6. The van der Waals surface area contributed by atoms with Crippen LogP contribution in [0.3, 0.4) is 0 Å². The molecule has 36 heavy (non-hydrogen) atoms. The Bertz CT molecular complexity index is 1220. The molecule has 3 aromatic rings. The van der Waals surface area contributed by atoms with Crippen molar-refractivity contribution in [2.45, 2.75) is 13.0 Å². The molecule has 186 valence electrons. The van der Waals surface area contributed by atoms with E-state index in [-0.39, 0.29) is 11.8 Å². The summed E-state index contributed by atoms with van der Waals surface area (Å²) in [5.41, 5.74) is 5.61. The molecule has 0 saturated carbocycles. The Hall–Kier alpha value is -3.68. The highest BCUT2D eigenvalue weighted by atomic mass is 16.2. The Morgan fingerprint density at radius 1 is 0.944 bits per heavy atom. The van der Waals surface area contributed by atoms with Crippen molar-refractivity contribution in [3.05, 3.63) is 83.4 Å². The summed E-state index contributed by atoms with van der Waals surface area (Å²) in [6, 6.07) is 21.3. The topological polar surface area (TPSA) is 76.7 Å². The van der Waals surface area contributed by atoms with Crippen molar-refractivity contribution in [3.63, 3.8) is 0 Å². The SMILES string of the molecule is CN1CCN(CCCNc2ccc(C(=O)Nc3ccc(-c4ccccc4)c4c3C(=O)NC4)cc2)CC1. The van der Waals surface area contributed by atoms with E-state index in [1.807, 2.05) is 66.7 Å². The number of carbonyl (C=O) groups is 2. The third-order valence-corrected chi connectivity index (χ3v) is 7.02. The maximum absolute atomic E-state index is 13.0. The summed E-state index contributed by atoms with van der Waals surface area (Å²) in [5.74, 6) is -0.389. The summed E-state index contributed by atoms with van der Waals surface area (Å²) in [6.45, 7) is 7.01. The van der Waals surface area contributed by atoms with Crippen LogP contribution in [0.4, 0.5) is 11.4 Å². The van der Waals surface area contributed by atoms with E-state index in [0.29, 0.717) is 23.4 Å². The monoisotopic (exact) mass is 483 g/mol. The van der Waals surface area contributed by atoms with E-state index in [2.05, 4.69) is 32.8 Å². The first kappa shape index (κ1) is 24.0. The van der Waals surface area contributed by atoms with Crippen LogP contribution in [0.25, 0.3) is 11.1 Å². The molecule has 7 heteroatoms. The number of likely N-dealkylation sites (N-methyl/N-ethyl adjacent to an activating group) is 1. The number of hydrogen-bond acceptors (Lipinski definition) is 5. The number of anilines is 2. The fraction of sp³-hybridized carbons (Fsp3) is 0.310. The molecule has 0 atom stereocenters. The molecule has 3 N–H and O–H groups in total. The van der Waals surface area contributed by atoms with E-state index in [1.54, 1.807) is 0 Å². The number of fused-ring (bicyclic) bond motifs is 1. The Morgan fingerprint density at radius 2 is 1.69 bits per heavy atom. The average Bonchev–Trinajstić information content (AvgIpc) is 3.30. The summed E-state index contributed by atoms with van der Waals surface area (Å²) in [7, 11) is 2.17. The first-order chi connectivity index (χ1) is 17.6. The van der Waals surface area contributed by atoms with Gasteiger partial charge in [-0.25, -0.2) is 0 Å². The molecular weight excluding hydrogens is 450 g/mol. The van der Waals surface area contributed by atoms with Crippen LogP contribution in [0.2, 0.25) is 0 Å². The minimum Gasteiger partial charge on any atom is -0.385 e. The second-order valence-corrected chi connectivity index (χ2v) is 9.52. The van der Waals surface area contributed by atoms with Gasteiger partial charge < -0.3 is 25.8 Å². The van der Waals surface area contributed by atoms with Crippen LogP contribution in [0.5, 0.6) is 0 Å². The lowest BCUT2D eigenvalue weighted by Crippen LogP contribution is -2.44. The zero-order valence-electron chi connectivity index (χ0n) is 20.7. The van der Waals surface area contributed by atoms with Crippen molar-refractivity contribution in [2.75, 3.05) is 56.9 Å². The second-order valence-electron chi connectivity index (χ2n) is 9.52. The number of piperazine rings is 1. The lowest BCUT2D eigenvalue weighted by atomic mass is 9.95. The van der Waals surface area contributed by atoms with E-state index >= 15 is 0 Å². The highest BCUT2D eigenvalue weighted by Gasteiger charge is 2.26. The fourth-order valence-corrected chi connectivity index (χ4v) is 4.88. The summed E-state index contributed by atoms with van der Waals surface area (Å²) in [6.07, 6.45) is 1.08. The van der Waals surface area contributed by atoms with E-state index in [9.17, 15) is 9.59 Å². The van der Waals surface area contributed by atoms with Gasteiger partial charge in [-0.2, -0.15) is 0 Å². The van der Waals surface area contributed by atoms with Gasteiger partial charge in [-0.3, -0.25) is 9.59 Å². The Labute approximate surface area is 212 Å². The zero-order chi connectivity index (χ0) is 24.9. The van der Waals surface area contributed by atoms with Gasteiger partial charge in [0.05, 0.1) is 11.3 Å². The van der Waals surface area contributed by atoms with Gasteiger partial charge in [-0.1, -0.05) is 36.4 Å². The van der Waals surface area contributed by atoms with E-state index in [4.69, 9.17) is 0 Å². The summed E-state index contributed by atoms with van der Waals surface area (Å²) < 4.78 is 0. The molecule has 2 aliphatic heterocycles. The van der Waals surface area contributed by atoms with E-state index in [0.717, 1.165) is 68.1 Å². The third kappa shape index (κ3) is 5.42. The molecule has 3 aromatic carbocycles. The molecular formula is C29H33N5O2. The summed E-state index contributed by atoms with van der Waals surface area (Å²) in [4.78, 5) is 30.5. The predicted octanol–water partition coefficient (Wildman–Crippen LogP) is 3.90. The van der Waals surface area contributed by atoms with E-state index < -0.39 is 0 Å². The summed E-state index contributed by atoms with van der Waals surface area (Å²) >= 11 is 0. The highest BCUT2D eigenvalue weighted by Crippen LogP contribution is 2.34. The maximum atomic E-state index is 13.0. The lowest BCUT2D eigenvalue weighted by Gasteiger charge is -2.32. The fourth-order valence-electron chi connectivity index (χ4n) is 4.88. The minimum atomic E-state index is -0.231. The van der Waals surface area contributed by atoms with Crippen molar-refractivity contribution < 1.29 is 9.59 Å². The van der Waals surface area contributed by atoms with Crippen LogP contribution < -0.4 is 16.0 Å². The minimum absolute atomic E-state index is 0.158. The van der Waals surface area contributed by atoms with Gasteiger partial charge in [0.2, 0.25) is 0 Å². The number of hydrogen-bond donors (Lipinski definition) is 3. The summed E-state index contributed by atoms with van der Waals surface area (Å²) in [5, 5.41) is 9.30.